The number of aryl methyl sites for hydroxylation is 1. The van der Waals surface area contributed by atoms with Crippen molar-refractivity contribution in [3.63, 3.8) is 0 Å². The predicted molar refractivity (Wildman–Crippen MR) is 79.5 cm³/mol. The molecule has 5 nitrogen and oxygen atoms in total. The van der Waals surface area contributed by atoms with E-state index in [1.807, 2.05) is 52.9 Å². The molecule has 1 aromatic rings. The molecule has 0 fully saturated rings. The van der Waals surface area contributed by atoms with E-state index in [9.17, 15) is 4.79 Å². The van der Waals surface area contributed by atoms with E-state index in [0.29, 0.717) is 6.54 Å². The van der Waals surface area contributed by atoms with Crippen LogP contribution in [0.25, 0.3) is 0 Å². The molecule has 1 unspecified atom stereocenters. The number of nitrogens with one attached hydrogen (secondary N) is 2. The predicted octanol–water partition coefficient (Wildman–Crippen LogP) is 2.39. The van der Waals surface area contributed by atoms with E-state index < -0.39 is 5.60 Å². The average molecular weight is 279 g/mol. The maximum atomic E-state index is 11.5. The molecular weight excluding hydrogens is 254 g/mol. The number of carbonyl (C=O) groups is 1. The second-order valence-electron chi connectivity index (χ2n) is 5.97. The number of alkyl carbamates (subject to hydrolysis) is 1. The fraction of sp³-hybridized carbons (Fsp3) is 0.600. The van der Waals surface area contributed by atoms with E-state index in [1.165, 1.54) is 0 Å². The number of hydrogen-bond acceptors (Lipinski definition) is 4. The number of ether oxygens (including phenoxy) is 1. The third-order valence-corrected chi connectivity index (χ3v) is 2.58. The first-order chi connectivity index (χ1) is 9.26. The number of hydrogen-bond donors (Lipinski definition) is 2. The van der Waals surface area contributed by atoms with Gasteiger partial charge in [0.2, 0.25) is 0 Å². The van der Waals surface area contributed by atoms with Crippen molar-refractivity contribution >= 4 is 6.09 Å². The summed E-state index contributed by atoms with van der Waals surface area (Å²) in [5.41, 5.74) is 1.67. The lowest BCUT2D eigenvalue weighted by atomic mass is 10.2. The van der Waals surface area contributed by atoms with Crippen LogP contribution < -0.4 is 10.6 Å². The van der Waals surface area contributed by atoms with E-state index >= 15 is 0 Å². The summed E-state index contributed by atoms with van der Waals surface area (Å²) in [6, 6.07) is 4.19. The van der Waals surface area contributed by atoms with Gasteiger partial charge in [-0.15, -0.1) is 0 Å². The van der Waals surface area contributed by atoms with Gasteiger partial charge in [-0.25, -0.2) is 4.79 Å². The monoisotopic (exact) mass is 279 g/mol. The molecule has 112 valence electrons. The van der Waals surface area contributed by atoms with E-state index in [-0.39, 0.29) is 12.1 Å². The van der Waals surface area contributed by atoms with Gasteiger partial charge < -0.3 is 15.4 Å². The first kappa shape index (κ1) is 16.4. The third-order valence-electron chi connectivity index (χ3n) is 2.58. The maximum absolute atomic E-state index is 11.5. The maximum Gasteiger partial charge on any atom is 0.407 e. The zero-order valence-electron chi connectivity index (χ0n) is 13.0. The van der Waals surface area contributed by atoms with Crippen LogP contribution >= 0.6 is 0 Å². The molecule has 1 heterocycles. The van der Waals surface area contributed by atoms with Gasteiger partial charge in [-0.2, -0.15) is 0 Å². The Hall–Kier alpha value is -1.62. The molecule has 1 rings (SSSR count). The van der Waals surface area contributed by atoms with Crippen molar-refractivity contribution < 1.29 is 9.53 Å². The number of nitrogens with zero attached hydrogens (tertiary/aromatic N) is 1. The highest BCUT2D eigenvalue weighted by Crippen LogP contribution is 2.06. The first-order valence-electron chi connectivity index (χ1n) is 6.88. The summed E-state index contributed by atoms with van der Waals surface area (Å²) < 4.78 is 5.18. The van der Waals surface area contributed by atoms with Gasteiger partial charge in [-0.3, -0.25) is 4.98 Å². The SMILES string of the molecule is Cc1ccc(CNC(C)CNC(=O)OC(C)(C)C)cn1. The average Bonchev–Trinajstić information content (AvgIpc) is 2.33. The van der Waals surface area contributed by atoms with Crippen LogP contribution in [0.5, 0.6) is 0 Å². The highest BCUT2D eigenvalue weighted by atomic mass is 16.6. The molecule has 0 aliphatic rings. The van der Waals surface area contributed by atoms with Gasteiger partial charge in [0.05, 0.1) is 0 Å². The van der Waals surface area contributed by atoms with Gasteiger partial charge in [0.1, 0.15) is 5.60 Å². The summed E-state index contributed by atoms with van der Waals surface area (Å²) in [4.78, 5) is 15.7. The van der Waals surface area contributed by atoms with Crippen molar-refractivity contribution in [2.24, 2.45) is 0 Å². The molecule has 0 aliphatic heterocycles. The van der Waals surface area contributed by atoms with Gasteiger partial charge in [0, 0.05) is 31.0 Å². The van der Waals surface area contributed by atoms with Crippen LogP contribution in [0, 0.1) is 6.92 Å². The lowest BCUT2D eigenvalue weighted by molar-refractivity contribution is 0.0523. The molecule has 0 bridgehead atoms. The molecule has 1 atom stereocenters. The van der Waals surface area contributed by atoms with Crippen molar-refractivity contribution in [2.45, 2.75) is 52.8 Å². The molecule has 0 spiro atoms. The van der Waals surface area contributed by atoms with Gasteiger partial charge in [-0.1, -0.05) is 6.07 Å². The highest BCUT2D eigenvalue weighted by Gasteiger charge is 2.16. The van der Waals surface area contributed by atoms with E-state index in [1.54, 1.807) is 0 Å². The summed E-state index contributed by atoms with van der Waals surface area (Å²) in [5, 5.41) is 6.07. The second kappa shape index (κ2) is 7.24. The summed E-state index contributed by atoms with van der Waals surface area (Å²) in [6.07, 6.45) is 1.47. The molecular formula is C15H25N3O2. The number of aromatic nitrogens is 1. The van der Waals surface area contributed by atoms with Crippen LogP contribution in [-0.4, -0.2) is 29.3 Å². The Morgan fingerprint density at radius 2 is 2.10 bits per heavy atom. The fourth-order valence-electron chi connectivity index (χ4n) is 1.52. The summed E-state index contributed by atoms with van der Waals surface area (Å²) in [6.45, 7) is 10.8. The number of rotatable bonds is 5. The van der Waals surface area contributed by atoms with Crippen molar-refractivity contribution in [1.82, 2.24) is 15.6 Å². The Morgan fingerprint density at radius 3 is 2.65 bits per heavy atom. The molecule has 1 amide bonds. The third kappa shape index (κ3) is 7.09. The van der Waals surface area contributed by atoms with Crippen LogP contribution in [-0.2, 0) is 11.3 Å². The molecule has 0 aromatic carbocycles. The molecule has 1 aromatic heterocycles. The highest BCUT2D eigenvalue weighted by molar-refractivity contribution is 5.67. The Kier molecular flexibility index (Phi) is 5.95. The quantitative estimate of drug-likeness (QED) is 0.868. The Balaban J connectivity index is 2.25. The largest absolute Gasteiger partial charge is 0.444 e. The molecule has 0 aliphatic carbocycles. The minimum atomic E-state index is -0.464. The van der Waals surface area contributed by atoms with E-state index in [0.717, 1.165) is 17.8 Å². The Labute approximate surface area is 121 Å². The van der Waals surface area contributed by atoms with Crippen molar-refractivity contribution in [2.75, 3.05) is 6.54 Å². The molecule has 5 heteroatoms. The van der Waals surface area contributed by atoms with Crippen molar-refractivity contribution in [3.05, 3.63) is 29.6 Å². The Bertz CT molecular complexity index is 424. The van der Waals surface area contributed by atoms with Gasteiger partial charge in [0.15, 0.2) is 0 Å². The van der Waals surface area contributed by atoms with Crippen LogP contribution in [0.3, 0.4) is 0 Å². The van der Waals surface area contributed by atoms with Gasteiger partial charge in [-0.05, 0) is 46.2 Å². The van der Waals surface area contributed by atoms with E-state index in [4.69, 9.17) is 4.74 Å². The summed E-state index contributed by atoms with van der Waals surface area (Å²) >= 11 is 0. The van der Waals surface area contributed by atoms with Crippen LogP contribution in [0.1, 0.15) is 39.0 Å². The molecule has 2 N–H and O–H groups in total. The van der Waals surface area contributed by atoms with Crippen molar-refractivity contribution in [3.8, 4) is 0 Å². The summed E-state index contributed by atoms with van der Waals surface area (Å²) in [5.74, 6) is 0. The van der Waals surface area contributed by atoms with Gasteiger partial charge in [0.25, 0.3) is 0 Å². The smallest absolute Gasteiger partial charge is 0.407 e. The fourth-order valence-corrected chi connectivity index (χ4v) is 1.52. The lowest BCUT2D eigenvalue weighted by Gasteiger charge is -2.21. The zero-order chi connectivity index (χ0) is 15.2. The Morgan fingerprint density at radius 1 is 1.40 bits per heavy atom. The van der Waals surface area contributed by atoms with E-state index in [2.05, 4.69) is 15.6 Å². The van der Waals surface area contributed by atoms with Gasteiger partial charge >= 0.3 is 6.09 Å². The number of pyridine rings is 1. The standard InChI is InChI=1S/C15H25N3O2/c1-11-6-7-13(9-16-11)10-17-12(2)8-18-14(19)20-15(3,4)5/h6-7,9,12,17H,8,10H2,1-5H3,(H,18,19). The lowest BCUT2D eigenvalue weighted by Crippen LogP contribution is -2.41. The minimum absolute atomic E-state index is 0.156. The number of amides is 1. The number of carbonyl (C=O) groups excluding carboxylic acids is 1. The van der Waals surface area contributed by atoms with Crippen LogP contribution in [0.15, 0.2) is 18.3 Å². The molecule has 0 saturated carbocycles. The molecule has 20 heavy (non-hydrogen) atoms. The first-order valence-corrected chi connectivity index (χ1v) is 6.88. The zero-order valence-corrected chi connectivity index (χ0v) is 13.0. The topological polar surface area (TPSA) is 63.2 Å². The minimum Gasteiger partial charge on any atom is -0.444 e. The summed E-state index contributed by atoms with van der Waals surface area (Å²) in [7, 11) is 0. The second-order valence-corrected chi connectivity index (χ2v) is 5.97. The van der Waals surface area contributed by atoms with Crippen LogP contribution in [0.4, 0.5) is 4.79 Å². The van der Waals surface area contributed by atoms with Crippen LogP contribution in [0.2, 0.25) is 0 Å². The molecule has 0 saturated heterocycles. The molecule has 0 radical (unpaired) electrons. The normalized spacial score (nSPS) is 12.8. The van der Waals surface area contributed by atoms with Crippen molar-refractivity contribution in [1.29, 1.82) is 0 Å².